The van der Waals surface area contributed by atoms with Gasteiger partial charge in [0.15, 0.2) is 5.58 Å². The van der Waals surface area contributed by atoms with Crippen LogP contribution in [0.1, 0.15) is 27.7 Å². The van der Waals surface area contributed by atoms with Crippen molar-refractivity contribution in [1.82, 2.24) is 4.98 Å². The van der Waals surface area contributed by atoms with Crippen LogP contribution in [0.25, 0.3) is 54.9 Å². The van der Waals surface area contributed by atoms with E-state index in [-0.39, 0.29) is 0 Å². The van der Waals surface area contributed by atoms with Gasteiger partial charge in [0.2, 0.25) is 5.89 Å². The van der Waals surface area contributed by atoms with Crippen LogP contribution in [0.5, 0.6) is 0 Å². The fourth-order valence-electron chi connectivity index (χ4n) is 5.19. The van der Waals surface area contributed by atoms with E-state index in [0.717, 1.165) is 54.4 Å². The molecule has 0 amide bonds. The van der Waals surface area contributed by atoms with E-state index in [1.807, 2.05) is 36.4 Å². The van der Waals surface area contributed by atoms with Gasteiger partial charge in [-0.3, -0.25) is 0 Å². The second-order valence-electron chi connectivity index (χ2n) is 10.7. The molecule has 0 atom stereocenters. The quantitative estimate of drug-likeness (QED) is 0.197. The lowest BCUT2D eigenvalue weighted by molar-refractivity contribution is 0.00578. The predicted octanol–water partition coefficient (Wildman–Crippen LogP) is 7.25. The zero-order valence-electron chi connectivity index (χ0n) is 20.8. The lowest BCUT2D eigenvalue weighted by Gasteiger charge is -2.32. The minimum Gasteiger partial charge on any atom is -0.435 e. The Morgan fingerprint density at radius 1 is 0.667 bits per heavy atom. The molecular formula is C31H26BNO3. The summed E-state index contributed by atoms with van der Waals surface area (Å²) in [6.07, 6.45) is 0. The lowest BCUT2D eigenvalue weighted by Crippen LogP contribution is -2.41. The van der Waals surface area contributed by atoms with Crippen molar-refractivity contribution in [3.63, 3.8) is 0 Å². The van der Waals surface area contributed by atoms with E-state index in [2.05, 4.69) is 76.2 Å². The molecular weight excluding hydrogens is 445 g/mol. The summed E-state index contributed by atoms with van der Waals surface area (Å²) < 4.78 is 19.2. The monoisotopic (exact) mass is 471 g/mol. The van der Waals surface area contributed by atoms with Gasteiger partial charge in [-0.2, -0.15) is 0 Å². The summed E-state index contributed by atoms with van der Waals surface area (Å²) in [5, 5.41) is 6.83. The number of benzene rings is 5. The average Bonchev–Trinajstić information content (AvgIpc) is 3.41. The first-order valence-corrected chi connectivity index (χ1v) is 12.4. The third-order valence-corrected chi connectivity index (χ3v) is 7.91. The minimum absolute atomic E-state index is 0.391. The molecule has 0 N–H and O–H groups in total. The van der Waals surface area contributed by atoms with E-state index in [9.17, 15) is 0 Å². The van der Waals surface area contributed by atoms with E-state index in [0.29, 0.717) is 5.89 Å². The van der Waals surface area contributed by atoms with Crippen LogP contribution >= 0.6 is 0 Å². The Bertz CT molecular complexity index is 1780. The third-order valence-electron chi connectivity index (χ3n) is 7.91. The molecule has 0 spiro atoms. The molecule has 0 radical (unpaired) electrons. The van der Waals surface area contributed by atoms with Crippen LogP contribution in [0.15, 0.2) is 89.3 Å². The fraction of sp³-hybridized carbons (Fsp3) is 0.194. The number of hydrogen-bond acceptors (Lipinski definition) is 4. The molecule has 1 saturated heterocycles. The van der Waals surface area contributed by atoms with Crippen LogP contribution in [0, 0.1) is 0 Å². The number of hydrogen-bond donors (Lipinski definition) is 0. The molecule has 1 aliphatic rings. The van der Waals surface area contributed by atoms with Crippen molar-refractivity contribution in [2.75, 3.05) is 0 Å². The molecule has 0 bridgehead atoms. The summed E-state index contributed by atoms with van der Waals surface area (Å²) >= 11 is 0. The molecule has 1 fully saturated rings. The van der Waals surface area contributed by atoms with Crippen LogP contribution in [-0.4, -0.2) is 23.3 Å². The Kier molecular flexibility index (Phi) is 4.45. The smallest absolute Gasteiger partial charge is 0.435 e. The van der Waals surface area contributed by atoms with Gasteiger partial charge in [-0.25, -0.2) is 4.98 Å². The maximum atomic E-state index is 6.45. The Balaban J connectivity index is 1.51. The Morgan fingerprint density at radius 3 is 2.00 bits per heavy atom. The highest BCUT2D eigenvalue weighted by molar-refractivity contribution is 6.62. The molecule has 0 aliphatic carbocycles. The molecule has 0 unspecified atom stereocenters. The highest BCUT2D eigenvalue weighted by atomic mass is 16.7. The zero-order chi connectivity index (χ0) is 24.7. The first-order valence-electron chi connectivity index (χ1n) is 12.4. The highest BCUT2D eigenvalue weighted by Gasteiger charge is 2.51. The van der Waals surface area contributed by atoms with Crippen molar-refractivity contribution in [2.24, 2.45) is 0 Å². The fourth-order valence-corrected chi connectivity index (χ4v) is 5.19. The zero-order valence-corrected chi connectivity index (χ0v) is 20.8. The summed E-state index contributed by atoms with van der Waals surface area (Å²) in [5.74, 6) is 0.633. The van der Waals surface area contributed by atoms with Gasteiger partial charge in [0.05, 0.1) is 11.2 Å². The van der Waals surface area contributed by atoms with Gasteiger partial charge in [-0.1, -0.05) is 66.7 Å². The SMILES string of the molecule is CC1(C)OB(c2ccc3ccc4ccc5ccc6nc(-c7ccccc7)oc6c5c4c3c2)OC1(C)C. The molecule has 7 rings (SSSR count). The van der Waals surface area contributed by atoms with Crippen molar-refractivity contribution >= 4 is 56.0 Å². The molecule has 0 saturated carbocycles. The van der Waals surface area contributed by atoms with Gasteiger partial charge in [0.25, 0.3) is 0 Å². The highest BCUT2D eigenvalue weighted by Crippen LogP contribution is 2.39. The molecule has 1 aliphatic heterocycles. The van der Waals surface area contributed by atoms with Crippen molar-refractivity contribution in [3.05, 3.63) is 84.9 Å². The molecule has 5 aromatic carbocycles. The number of fused-ring (bicyclic) bond motifs is 7. The van der Waals surface area contributed by atoms with Crippen LogP contribution in [0.4, 0.5) is 0 Å². The van der Waals surface area contributed by atoms with E-state index in [4.69, 9.17) is 18.7 Å². The summed E-state index contributed by atoms with van der Waals surface area (Å²) in [6.45, 7) is 8.34. The molecule has 1 aromatic heterocycles. The van der Waals surface area contributed by atoms with Gasteiger partial charge in [0, 0.05) is 16.3 Å². The summed E-state index contributed by atoms with van der Waals surface area (Å²) in [6, 6.07) is 29.4. The van der Waals surface area contributed by atoms with Crippen molar-refractivity contribution in [2.45, 2.75) is 38.9 Å². The van der Waals surface area contributed by atoms with E-state index >= 15 is 0 Å². The first-order chi connectivity index (χ1) is 17.3. The second kappa shape index (κ2) is 7.42. The Labute approximate surface area is 210 Å². The van der Waals surface area contributed by atoms with Crippen molar-refractivity contribution in [1.29, 1.82) is 0 Å². The maximum absolute atomic E-state index is 6.45. The van der Waals surface area contributed by atoms with Gasteiger partial charge < -0.3 is 13.7 Å². The topological polar surface area (TPSA) is 44.5 Å². The van der Waals surface area contributed by atoms with Gasteiger partial charge in [-0.05, 0) is 72.9 Å². The minimum atomic E-state index is -0.417. The standard InChI is InChI=1S/C31H26BNO3/c1-30(2)31(3,4)36-32(35-30)23-16-14-19-10-11-20-12-13-21-15-17-25-28(27(21)26(20)24(19)18-23)34-29(33-25)22-8-6-5-7-9-22/h5-18H,1-4H3. The Hall–Kier alpha value is -3.67. The number of rotatable bonds is 2. The molecule has 176 valence electrons. The van der Waals surface area contributed by atoms with Crippen LogP contribution in [-0.2, 0) is 9.31 Å². The van der Waals surface area contributed by atoms with Crippen LogP contribution < -0.4 is 5.46 Å². The number of oxazole rings is 1. The van der Waals surface area contributed by atoms with Gasteiger partial charge in [0.1, 0.15) is 5.52 Å². The normalized spacial score (nSPS) is 17.1. The summed E-state index contributed by atoms with van der Waals surface area (Å²) in [5.41, 5.74) is 2.87. The number of nitrogens with zero attached hydrogens (tertiary/aromatic N) is 1. The molecule has 2 heterocycles. The molecule has 36 heavy (non-hydrogen) atoms. The molecule has 6 aromatic rings. The van der Waals surface area contributed by atoms with E-state index < -0.39 is 18.3 Å². The summed E-state index contributed by atoms with van der Waals surface area (Å²) in [7, 11) is -0.417. The van der Waals surface area contributed by atoms with E-state index in [1.54, 1.807) is 0 Å². The second-order valence-corrected chi connectivity index (χ2v) is 10.7. The predicted molar refractivity (Wildman–Crippen MR) is 148 cm³/mol. The lowest BCUT2D eigenvalue weighted by atomic mass is 9.77. The first kappa shape index (κ1) is 21.6. The maximum Gasteiger partial charge on any atom is 0.494 e. The molecule has 5 heteroatoms. The van der Waals surface area contributed by atoms with Gasteiger partial charge in [-0.15, -0.1) is 0 Å². The van der Waals surface area contributed by atoms with E-state index in [1.165, 1.54) is 0 Å². The van der Waals surface area contributed by atoms with Crippen LogP contribution in [0.2, 0.25) is 0 Å². The third kappa shape index (κ3) is 3.13. The van der Waals surface area contributed by atoms with Gasteiger partial charge >= 0.3 is 7.12 Å². The summed E-state index contributed by atoms with van der Waals surface area (Å²) in [4.78, 5) is 4.83. The average molecular weight is 471 g/mol. The Morgan fingerprint density at radius 2 is 1.28 bits per heavy atom. The number of aromatic nitrogens is 1. The largest absolute Gasteiger partial charge is 0.494 e. The van der Waals surface area contributed by atoms with Crippen molar-refractivity contribution in [3.8, 4) is 11.5 Å². The molecule has 4 nitrogen and oxygen atoms in total. The van der Waals surface area contributed by atoms with Crippen molar-refractivity contribution < 1.29 is 13.7 Å². The van der Waals surface area contributed by atoms with Crippen LogP contribution in [0.3, 0.4) is 0 Å².